The molecule has 0 unspecified atom stereocenters. The van der Waals surface area contributed by atoms with Gasteiger partial charge in [-0.3, -0.25) is 5.41 Å². The molecule has 0 spiro atoms. The minimum atomic E-state index is -0.113. The maximum absolute atomic E-state index is 7.54. The standard InChI is InChI=1S/C12H12ClN5S2/c13-9-4-2-1-3-8(9)10-17-7(5-19-10)6-20-12(16)18-11(14)15/h1-5H,6H2,(H5,14,15,16,18). The Morgan fingerprint density at radius 2 is 2.15 bits per heavy atom. The molecule has 1 aromatic carbocycles. The molecule has 0 radical (unpaired) electrons. The highest BCUT2D eigenvalue weighted by Gasteiger charge is 2.08. The molecule has 5 nitrogen and oxygen atoms in total. The summed E-state index contributed by atoms with van der Waals surface area (Å²) in [6, 6.07) is 7.57. The van der Waals surface area contributed by atoms with E-state index in [1.165, 1.54) is 23.1 Å². The molecule has 20 heavy (non-hydrogen) atoms. The van der Waals surface area contributed by atoms with Gasteiger partial charge in [-0.1, -0.05) is 41.6 Å². The van der Waals surface area contributed by atoms with E-state index in [1.54, 1.807) is 0 Å². The summed E-state index contributed by atoms with van der Waals surface area (Å²) in [5.41, 5.74) is 12.2. The molecule has 0 bridgehead atoms. The van der Waals surface area contributed by atoms with Gasteiger partial charge in [0.15, 0.2) is 11.1 Å². The van der Waals surface area contributed by atoms with Crippen molar-refractivity contribution in [1.29, 1.82) is 5.41 Å². The first-order valence-corrected chi connectivity index (χ1v) is 7.81. The van der Waals surface area contributed by atoms with Gasteiger partial charge in [-0.05, 0) is 6.07 Å². The lowest BCUT2D eigenvalue weighted by Crippen LogP contribution is -2.23. The number of guanidine groups is 1. The lowest BCUT2D eigenvalue weighted by molar-refractivity contribution is 1.24. The molecule has 0 aliphatic heterocycles. The molecule has 104 valence electrons. The fourth-order valence-corrected chi connectivity index (χ4v) is 3.27. The maximum atomic E-state index is 7.54. The first-order chi connectivity index (χ1) is 9.56. The summed E-state index contributed by atoms with van der Waals surface area (Å²) in [5.74, 6) is 0.425. The molecule has 2 rings (SSSR count). The molecule has 2 aromatic rings. The van der Waals surface area contributed by atoms with Crippen molar-refractivity contribution < 1.29 is 0 Å². The summed E-state index contributed by atoms with van der Waals surface area (Å²) in [5, 5.41) is 11.1. The number of aromatic nitrogens is 1. The predicted molar refractivity (Wildman–Crippen MR) is 87.4 cm³/mol. The number of benzene rings is 1. The summed E-state index contributed by atoms with van der Waals surface area (Å²) in [6.07, 6.45) is 0. The van der Waals surface area contributed by atoms with Crippen LogP contribution >= 0.6 is 34.7 Å². The molecule has 5 N–H and O–H groups in total. The number of nitrogens with zero attached hydrogens (tertiary/aromatic N) is 2. The number of amidine groups is 1. The molecule has 0 saturated carbocycles. The number of hydrogen-bond acceptors (Lipinski definition) is 4. The zero-order chi connectivity index (χ0) is 14.5. The lowest BCUT2D eigenvalue weighted by atomic mass is 10.2. The van der Waals surface area contributed by atoms with Crippen molar-refractivity contribution in [3.63, 3.8) is 0 Å². The number of aliphatic imine (C=N–C) groups is 1. The van der Waals surface area contributed by atoms with Gasteiger partial charge < -0.3 is 11.5 Å². The van der Waals surface area contributed by atoms with Gasteiger partial charge in [0.1, 0.15) is 5.01 Å². The second kappa shape index (κ2) is 6.74. The SMILES string of the molecule is N=C(N=C(N)N)SCc1csc(-c2ccccc2Cl)n1. The average molecular weight is 326 g/mol. The minimum Gasteiger partial charge on any atom is -0.370 e. The first kappa shape index (κ1) is 14.8. The lowest BCUT2D eigenvalue weighted by Gasteiger charge is -1.99. The molecular weight excluding hydrogens is 314 g/mol. The number of halogens is 1. The van der Waals surface area contributed by atoms with E-state index >= 15 is 0 Å². The van der Waals surface area contributed by atoms with Gasteiger partial charge in [0.05, 0.1) is 10.7 Å². The maximum Gasteiger partial charge on any atom is 0.193 e. The van der Waals surface area contributed by atoms with Crippen LogP contribution in [0, 0.1) is 5.41 Å². The molecular formula is C12H12ClN5S2. The van der Waals surface area contributed by atoms with Crippen LogP contribution in [0.3, 0.4) is 0 Å². The van der Waals surface area contributed by atoms with Gasteiger partial charge in [-0.25, -0.2) is 4.98 Å². The molecule has 0 aliphatic carbocycles. The Morgan fingerprint density at radius 1 is 1.40 bits per heavy atom. The van der Waals surface area contributed by atoms with Crippen LogP contribution in [0.1, 0.15) is 5.69 Å². The topological polar surface area (TPSA) is 101 Å². The van der Waals surface area contributed by atoms with E-state index in [1.807, 2.05) is 29.6 Å². The second-order valence-electron chi connectivity index (χ2n) is 3.75. The van der Waals surface area contributed by atoms with E-state index in [4.69, 9.17) is 28.5 Å². The number of nitrogens with one attached hydrogen (secondary N) is 1. The third kappa shape index (κ3) is 3.96. The normalized spacial score (nSPS) is 10.2. The smallest absolute Gasteiger partial charge is 0.193 e. The van der Waals surface area contributed by atoms with Crippen LogP contribution in [0.25, 0.3) is 10.6 Å². The molecule has 0 saturated heterocycles. The second-order valence-corrected chi connectivity index (χ2v) is 5.98. The van der Waals surface area contributed by atoms with Crippen molar-refractivity contribution in [2.45, 2.75) is 5.75 Å². The third-order valence-corrected chi connectivity index (χ3v) is 4.30. The van der Waals surface area contributed by atoms with Gasteiger partial charge in [0.25, 0.3) is 0 Å². The molecule has 8 heteroatoms. The molecule has 0 atom stereocenters. The number of thioether (sulfide) groups is 1. The fourth-order valence-electron chi connectivity index (χ4n) is 1.42. The van der Waals surface area contributed by atoms with Gasteiger partial charge in [0.2, 0.25) is 0 Å². The van der Waals surface area contributed by atoms with Crippen molar-refractivity contribution in [2.24, 2.45) is 16.5 Å². The Hall–Kier alpha value is -1.57. The van der Waals surface area contributed by atoms with E-state index in [-0.39, 0.29) is 11.1 Å². The van der Waals surface area contributed by atoms with E-state index in [0.717, 1.165) is 16.3 Å². The first-order valence-electron chi connectivity index (χ1n) is 5.56. The van der Waals surface area contributed by atoms with Gasteiger partial charge in [0, 0.05) is 16.7 Å². The van der Waals surface area contributed by atoms with Crippen LogP contribution in [0.4, 0.5) is 0 Å². The average Bonchev–Trinajstić information content (AvgIpc) is 2.85. The van der Waals surface area contributed by atoms with Crippen LogP contribution in [-0.4, -0.2) is 16.1 Å². The number of nitrogens with two attached hydrogens (primary N) is 2. The van der Waals surface area contributed by atoms with E-state index < -0.39 is 0 Å². The number of hydrogen-bond donors (Lipinski definition) is 3. The number of thiazole rings is 1. The van der Waals surface area contributed by atoms with Gasteiger partial charge >= 0.3 is 0 Å². The quantitative estimate of drug-likeness (QED) is 0.596. The van der Waals surface area contributed by atoms with Crippen molar-refractivity contribution >= 4 is 45.8 Å². The summed E-state index contributed by atoms with van der Waals surface area (Å²) in [7, 11) is 0. The summed E-state index contributed by atoms with van der Waals surface area (Å²) < 4.78 is 0. The van der Waals surface area contributed by atoms with E-state index in [9.17, 15) is 0 Å². The highest BCUT2D eigenvalue weighted by atomic mass is 35.5. The Balaban J connectivity index is 2.05. The summed E-state index contributed by atoms with van der Waals surface area (Å²) >= 11 is 8.87. The van der Waals surface area contributed by atoms with Crippen LogP contribution < -0.4 is 11.5 Å². The molecule has 1 aromatic heterocycles. The highest BCUT2D eigenvalue weighted by Crippen LogP contribution is 2.30. The Bertz CT molecular complexity index is 649. The zero-order valence-corrected chi connectivity index (χ0v) is 12.7. The van der Waals surface area contributed by atoms with Crippen LogP contribution in [0.2, 0.25) is 5.02 Å². The zero-order valence-electron chi connectivity index (χ0n) is 10.3. The van der Waals surface area contributed by atoms with Crippen molar-refractivity contribution in [3.8, 4) is 10.6 Å². The van der Waals surface area contributed by atoms with Crippen molar-refractivity contribution in [3.05, 3.63) is 40.4 Å². The summed E-state index contributed by atoms with van der Waals surface area (Å²) in [4.78, 5) is 8.14. The molecule has 1 heterocycles. The fraction of sp³-hybridized carbons (Fsp3) is 0.0833. The van der Waals surface area contributed by atoms with Gasteiger partial charge in [-0.2, -0.15) is 4.99 Å². The van der Waals surface area contributed by atoms with E-state index in [0.29, 0.717) is 10.8 Å². The molecule has 0 fully saturated rings. The largest absolute Gasteiger partial charge is 0.370 e. The predicted octanol–water partition coefficient (Wildman–Crippen LogP) is 2.90. The van der Waals surface area contributed by atoms with Crippen LogP contribution in [0.5, 0.6) is 0 Å². The Kier molecular flexibility index (Phi) is 4.99. The Labute approximate surface area is 129 Å². The highest BCUT2D eigenvalue weighted by molar-refractivity contribution is 8.13. The molecule has 0 aliphatic rings. The summed E-state index contributed by atoms with van der Waals surface area (Å²) in [6.45, 7) is 0. The Morgan fingerprint density at radius 3 is 2.85 bits per heavy atom. The monoisotopic (exact) mass is 325 g/mol. The minimum absolute atomic E-state index is 0.0669. The van der Waals surface area contributed by atoms with Crippen molar-refractivity contribution in [1.82, 2.24) is 4.98 Å². The molecule has 0 amide bonds. The van der Waals surface area contributed by atoms with Crippen LogP contribution in [-0.2, 0) is 5.75 Å². The van der Waals surface area contributed by atoms with Crippen LogP contribution in [0.15, 0.2) is 34.6 Å². The third-order valence-electron chi connectivity index (χ3n) is 2.24. The van der Waals surface area contributed by atoms with E-state index in [2.05, 4.69) is 9.98 Å². The van der Waals surface area contributed by atoms with Crippen molar-refractivity contribution in [2.75, 3.05) is 0 Å². The van der Waals surface area contributed by atoms with Gasteiger partial charge in [-0.15, -0.1) is 11.3 Å². The number of rotatable bonds is 3.